The van der Waals surface area contributed by atoms with E-state index in [2.05, 4.69) is 20.6 Å². The van der Waals surface area contributed by atoms with E-state index in [1.165, 1.54) is 0 Å². The van der Waals surface area contributed by atoms with Gasteiger partial charge in [-0.3, -0.25) is 9.98 Å². The number of aromatic nitrogens is 1. The molecule has 1 aromatic rings. The van der Waals surface area contributed by atoms with Crippen molar-refractivity contribution in [3.63, 3.8) is 0 Å². The summed E-state index contributed by atoms with van der Waals surface area (Å²) in [5.74, 6) is -2.53. The fourth-order valence-corrected chi connectivity index (χ4v) is 3.56. The van der Waals surface area contributed by atoms with Crippen molar-refractivity contribution < 1.29 is 17.2 Å². The standard InChI is InChI=1S/C15H23F2N5O2S.HI/c1-18-15(21-11-13-4-2-3-7-19-13)20-10-12-5-8-22(9-6-12)25(23,24)14(16)17;/h2-4,7,12,14H,5-6,8-11H2,1H3,(H2,18,20,21);1H. The molecule has 1 aliphatic rings. The maximum atomic E-state index is 12.5. The monoisotopic (exact) mass is 503 g/mol. The van der Waals surface area contributed by atoms with Crippen molar-refractivity contribution in [3.8, 4) is 0 Å². The van der Waals surface area contributed by atoms with Crippen molar-refractivity contribution in [2.45, 2.75) is 25.1 Å². The summed E-state index contributed by atoms with van der Waals surface area (Å²) in [7, 11) is -2.80. The SMILES string of the molecule is CN=C(NCc1ccccn1)NCC1CCN(S(=O)(=O)C(F)F)CC1.I. The first-order valence-electron chi connectivity index (χ1n) is 8.05. The number of halogens is 3. The fourth-order valence-electron chi connectivity index (χ4n) is 2.62. The van der Waals surface area contributed by atoms with Crippen LogP contribution >= 0.6 is 24.0 Å². The molecular formula is C15H24F2IN5O2S. The zero-order valence-corrected chi connectivity index (χ0v) is 17.6. The first-order chi connectivity index (χ1) is 11.9. The third-order valence-electron chi connectivity index (χ3n) is 4.10. The van der Waals surface area contributed by atoms with E-state index >= 15 is 0 Å². The van der Waals surface area contributed by atoms with Crippen molar-refractivity contribution in [3.05, 3.63) is 30.1 Å². The maximum Gasteiger partial charge on any atom is 0.350 e. The van der Waals surface area contributed by atoms with Crippen molar-refractivity contribution in [2.75, 3.05) is 26.7 Å². The number of alkyl halides is 2. The van der Waals surface area contributed by atoms with Crippen LogP contribution in [0.25, 0.3) is 0 Å². The third-order valence-corrected chi connectivity index (χ3v) is 5.64. The van der Waals surface area contributed by atoms with E-state index in [4.69, 9.17) is 0 Å². The molecule has 1 fully saturated rings. The van der Waals surface area contributed by atoms with E-state index in [0.29, 0.717) is 31.9 Å². The molecule has 0 spiro atoms. The molecule has 7 nitrogen and oxygen atoms in total. The van der Waals surface area contributed by atoms with E-state index in [0.717, 1.165) is 10.00 Å². The zero-order valence-electron chi connectivity index (χ0n) is 14.4. The van der Waals surface area contributed by atoms with Crippen LogP contribution in [0.3, 0.4) is 0 Å². The van der Waals surface area contributed by atoms with Gasteiger partial charge >= 0.3 is 5.76 Å². The molecule has 148 valence electrons. The molecule has 0 unspecified atom stereocenters. The van der Waals surface area contributed by atoms with Gasteiger partial charge in [0.2, 0.25) is 0 Å². The topological polar surface area (TPSA) is 86.7 Å². The Labute approximate surface area is 169 Å². The first-order valence-corrected chi connectivity index (χ1v) is 9.55. The minimum atomic E-state index is -4.46. The number of hydrogen-bond acceptors (Lipinski definition) is 4. The number of piperidine rings is 1. The van der Waals surface area contributed by atoms with Crippen LogP contribution in [-0.2, 0) is 16.6 Å². The number of hydrogen-bond donors (Lipinski definition) is 2. The average Bonchev–Trinajstić information content (AvgIpc) is 2.63. The van der Waals surface area contributed by atoms with Crippen molar-refractivity contribution in [1.82, 2.24) is 19.9 Å². The highest BCUT2D eigenvalue weighted by molar-refractivity contribution is 14.0. The molecule has 26 heavy (non-hydrogen) atoms. The second-order valence-corrected chi connectivity index (χ2v) is 7.68. The van der Waals surface area contributed by atoms with Gasteiger partial charge < -0.3 is 10.6 Å². The summed E-state index contributed by atoms with van der Waals surface area (Å²) in [6.07, 6.45) is 2.79. The van der Waals surface area contributed by atoms with E-state index < -0.39 is 15.8 Å². The van der Waals surface area contributed by atoms with Gasteiger partial charge in [0.15, 0.2) is 5.96 Å². The maximum absolute atomic E-state index is 12.5. The Morgan fingerprint density at radius 3 is 2.58 bits per heavy atom. The Bertz CT molecular complexity index is 668. The molecule has 0 atom stereocenters. The Morgan fingerprint density at radius 2 is 2.04 bits per heavy atom. The summed E-state index contributed by atoms with van der Waals surface area (Å²) in [4.78, 5) is 8.34. The minimum Gasteiger partial charge on any atom is -0.356 e. The summed E-state index contributed by atoms with van der Waals surface area (Å²) in [5.41, 5.74) is 0.885. The number of sulfonamides is 1. The molecule has 0 radical (unpaired) electrons. The Morgan fingerprint density at radius 1 is 1.35 bits per heavy atom. The molecule has 0 amide bonds. The summed E-state index contributed by atoms with van der Waals surface area (Å²) < 4.78 is 48.9. The normalized spacial score (nSPS) is 17.0. The average molecular weight is 503 g/mol. The molecule has 0 aromatic carbocycles. The quantitative estimate of drug-likeness (QED) is 0.350. The Balaban J connectivity index is 0.00000338. The molecule has 11 heteroatoms. The highest BCUT2D eigenvalue weighted by Crippen LogP contribution is 2.22. The number of nitrogens with zero attached hydrogens (tertiary/aromatic N) is 3. The van der Waals surface area contributed by atoms with Crippen LogP contribution < -0.4 is 10.6 Å². The molecule has 1 aliphatic heterocycles. The van der Waals surface area contributed by atoms with E-state index in [9.17, 15) is 17.2 Å². The van der Waals surface area contributed by atoms with Crippen LogP contribution in [0.2, 0.25) is 0 Å². The predicted molar refractivity (Wildman–Crippen MR) is 107 cm³/mol. The van der Waals surface area contributed by atoms with Gasteiger partial charge in [0.05, 0.1) is 12.2 Å². The lowest BCUT2D eigenvalue weighted by molar-refractivity contribution is 0.204. The van der Waals surface area contributed by atoms with Crippen molar-refractivity contribution in [1.29, 1.82) is 0 Å². The van der Waals surface area contributed by atoms with Gasteiger partial charge in [0.1, 0.15) is 0 Å². The van der Waals surface area contributed by atoms with Gasteiger partial charge in [-0.25, -0.2) is 8.42 Å². The number of nitrogens with one attached hydrogen (secondary N) is 2. The van der Waals surface area contributed by atoms with Crippen LogP contribution in [0.4, 0.5) is 8.78 Å². The van der Waals surface area contributed by atoms with Gasteiger partial charge in [0, 0.05) is 32.9 Å². The fraction of sp³-hybridized carbons (Fsp3) is 0.600. The highest BCUT2D eigenvalue weighted by atomic mass is 127. The van der Waals surface area contributed by atoms with Gasteiger partial charge in [-0.2, -0.15) is 13.1 Å². The molecule has 0 aliphatic carbocycles. The van der Waals surface area contributed by atoms with Gasteiger partial charge in [-0.05, 0) is 30.9 Å². The molecular weight excluding hydrogens is 479 g/mol. The van der Waals surface area contributed by atoms with Gasteiger partial charge in [-0.15, -0.1) is 24.0 Å². The van der Waals surface area contributed by atoms with Crippen LogP contribution in [0.5, 0.6) is 0 Å². The lowest BCUT2D eigenvalue weighted by Crippen LogP contribution is -2.45. The largest absolute Gasteiger partial charge is 0.356 e. The van der Waals surface area contributed by atoms with E-state index in [1.807, 2.05) is 18.2 Å². The zero-order chi connectivity index (χ0) is 18.3. The van der Waals surface area contributed by atoms with Crippen molar-refractivity contribution in [2.24, 2.45) is 10.9 Å². The lowest BCUT2D eigenvalue weighted by Gasteiger charge is -2.31. The first kappa shape index (κ1) is 23.0. The smallest absolute Gasteiger partial charge is 0.350 e. The number of rotatable bonds is 6. The number of pyridine rings is 1. The lowest BCUT2D eigenvalue weighted by atomic mass is 9.98. The third kappa shape index (κ3) is 6.58. The molecule has 1 aromatic heterocycles. The molecule has 1 saturated heterocycles. The summed E-state index contributed by atoms with van der Waals surface area (Å²) >= 11 is 0. The van der Waals surface area contributed by atoms with Crippen molar-refractivity contribution >= 4 is 40.0 Å². The Kier molecular flexibility index (Phi) is 9.64. The van der Waals surface area contributed by atoms with Gasteiger partial charge in [0.25, 0.3) is 10.0 Å². The van der Waals surface area contributed by atoms with Gasteiger partial charge in [-0.1, -0.05) is 6.07 Å². The minimum absolute atomic E-state index is 0. The second-order valence-electron chi connectivity index (χ2n) is 5.78. The second kappa shape index (κ2) is 10.9. The van der Waals surface area contributed by atoms with Crippen LogP contribution in [0, 0.1) is 5.92 Å². The van der Waals surface area contributed by atoms with E-state index in [-0.39, 0.29) is 43.0 Å². The van der Waals surface area contributed by atoms with E-state index in [1.54, 1.807) is 13.2 Å². The summed E-state index contributed by atoms with van der Waals surface area (Å²) in [6, 6.07) is 5.65. The summed E-state index contributed by atoms with van der Waals surface area (Å²) in [5, 5.41) is 6.32. The van der Waals surface area contributed by atoms with Crippen LogP contribution in [0.1, 0.15) is 18.5 Å². The number of guanidine groups is 1. The number of aliphatic imine (C=N–C) groups is 1. The molecule has 2 N–H and O–H groups in total. The molecule has 2 heterocycles. The van der Waals surface area contributed by atoms with Crippen LogP contribution in [0.15, 0.2) is 29.4 Å². The highest BCUT2D eigenvalue weighted by Gasteiger charge is 2.34. The van der Waals surface area contributed by atoms with Crippen LogP contribution in [-0.4, -0.2) is 56.1 Å². The Hall–Kier alpha value is -1.08. The predicted octanol–water partition coefficient (Wildman–Crippen LogP) is 1.63. The molecule has 0 saturated carbocycles. The molecule has 0 bridgehead atoms. The summed E-state index contributed by atoms with van der Waals surface area (Å²) in [6.45, 7) is 1.38. The molecule has 2 rings (SSSR count).